The van der Waals surface area contributed by atoms with Crippen LogP contribution in [0.4, 0.5) is 10.5 Å². The van der Waals surface area contributed by atoms with Gasteiger partial charge in [0.15, 0.2) is 0 Å². The highest BCUT2D eigenvalue weighted by Gasteiger charge is 2.25. The summed E-state index contributed by atoms with van der Waals surface area (Å²) in [6.45, 7) is 2.38. The summed E-state index contributed by atoms with van der Waals surface area (Å²) in [4.78, 5) is 25.3. The van der Waals surface area contributed by atoms with Gasteiger partial charge in [0, 0.05) is 29.8 Å². The Balaban J connectivity index is 1.62. The van der Waals surface area contributed by atoms with Gasteiger partial charge in [-0.15, -0.1) is 11.3 Å². The highest BCUT2D eigenvalue weighted by atomic mass is 32.1. The van der Waals surface area contributed by atoms with E-state index in [1.165, 1.54) is 22.1 Å². The van der Waals surface area contributed by atoms with Crippen LogP contribution >= 0.6 is 11.3 Å². The Morgan fingerprint density at radius 2 is 2.03 bits per heavy atom. The molecule has 30 heavy (non-hydrogen) atoms. The van der Waals surface area contributed by atoms with Crippen molar-refractivity contribution in [1.82, 2.24) is 15.1 Å². The Bertz CT molecular complexity index is 1050. The van der Waals surface area contributed by atoms with Crippen molar-refractivity contribution in [3.05, 3.63) is 52.3 Å². The standard InChI is InChI=1S/C22H24N4O3S/c1-2-23-22(29)26-18(14-6-3-4-7-14)13-17(25-26)16-10-9-15(12-19(16)27)24-21(28)20-8-5-11-30-20/h5,8-14,27H,2-4,6-7H2,1H3,(H,23,29)(H,24,28). The minimum atomic E-state index is -0.259. The maximum absolute atomic E-state index is 12.5. The summed E-state index contributed by atoms with van der Waals surface area (Å²) in [5.41, 5.74) is 2.43. The smallest absolute Gasteiger partial charge is 0.342 e. The van der Waals surface area contributed by atoms with Gasteiger partial charge < -0.3 is 15.7 Å². The molecule has 1 aromatic carbocycles. The Labute approximate surface area is 178 Å². The van der Waals surface area contributed by atoms with Gasteiger partial charge in [0.2, 0.25) is 0 Å². The summed E-state index contributed by atoms with van der Waals surface area (Å²) in [7, 11) is 0. The van der Waals surface area contributed by atoms with Crippen LogP contribution in [0.1, 0.15) is 53.9 Å². The number of aromatic hydroxyl groups is 1. The number of amides is 2. The minimum Gasteiger partial charge on any atom is -0.507 e. The van der Waals surface area contributed by atoms with Crippen LogP contribution in [-0.2, 0) is 0 Å². The second kappa shape index (κ2) is 8.71. The second-order valence-electron chi connectivity index (χ2n) is 7.35. The number of carbonyl (C=O) groups excluding carboxylic acids is 2. The highest BCUT2D eigenvalue weighted by molar-refractivity contribution is 7.12. The van der Waals surface area contributed by atoms with E-state index in [1.807, 2.05) is 24.4 Å². The number of aromatic nitrogens is 2. The maximum atomic E-state index is 12.5. The van der Waals surface area contributed by atoms with Crippen molar-refractivity contribution in [2.75, 3.05) is 11.9 Å². The van der Waals surface area contributed by atoms with Gasteiger partial charge in [-0.3, -0.25) is 4.79 Å². The van der Waals surface area contributed by atoms with Crippen molar-refractivity contribution in [2.45, 2.75) is 38.5 Å². The molecule has 0 unspecified atom stereocenters. The van der Waals surface area contributed by atoms with E-state index in [2.05, 4.69) is 15.7 Å². The largest absolute Gasteiger partial charge is 0.507 e. The molecular formula is C22H24N4O3S. The molecule has 0 saturated heterocycles. The zero-order chi connectivity index (χ0) is 21.1. The Morgan fingerprint density at radius 1 is 1.23 bits per heavy atom. The number of nitrogens with zero attached hydrogens (tertiary/aromatic N) is 2. The summed E-state index contributed by atoms with van der Waals surface area (Å²) < 4.78 is 1.43. The molecular weight excluding hydrogens is 400 g/mol. The first-order chi connectivity index (χ1) is 14.6. The van der Waals surface area contributed by atoms with Crippen molar-refractivity contribution >= 4 is 29.0 Å². The van der Waals surface area contributed by atoms with E-state index in [4.69, 9.17) is 0 Å². The molecule has 3 aromatic rings. The molecule has 2 aromatic heterocycles. The van der Waals surface area contributed by atoms with Crippen LogP contribution in [0, 0.1) is 0 Å². The lowest BCUT2D eigenvalue weighted by molar-refractivity contribution is 0.103. The number of carbonyl (C=O) groups is 2. The van der Waals surface area contributed by atoms with Gasteiger partial charge in [-0.05, 0) is 49.4 Å². The van der Waals surface area contributed by atoms with Gasteiger partial charge >= 0.3 is 6.03 Å². The molecule has 3 N–H and O–H groups in total. The minimum absolute atomic E-state index is 0.00231. The third-order valence-electron chi connectivity index (χ3n) is 5.31. The topological polar surface area (TPSA) is 96.3 Å². The molecule has 4 rings (SSSR count). The summed E-state index contributed by atoms with van der Waals surface area (Å²) in [5, 5.41) is 22.5. The van der Waals surface area contributed by atoms with Gasteiger partial charge in [-0.2, -0.15) is 9.78 Å². The molecule has 0 radical (unpaired) electrons. The number of nitrogens with one attached hydrogen (secondary N) is 2. The number of benzene rings is 1. The molecule has 0 spiro atoms. The number of phenolic OH excluding ortho intramolecular Hbond substituents is 1. The van der Waals surface area contributed by atoms with E-state index in [0.29, 0.717) is 34.3 Å². The highest BCUT2D eigenvalue weighted by Crippen LogP contribution is 2.38. The summed E-state index contributed by atoms with van der Waals surface area (Å²) in [6, 6.07) is 10.1. The molecule has 1 saturated carbocycles. The van der Waals surface area contributed by atoms with E-state index in [-0.39, 0.29) is 17.7 Å². The van der Waals surface area contributed by atoms with E-state index in [0.717, 1.165) is 31.4 Å². The molecule has 2 amide bonds. The fourth-order valence-electron chi connectivity index (χ4n) is 3.85. The summed E-state index contributed by atoms with van der Waals surface area (Å²) in [6.07, 6.45) is 4.35. The predicted octanol–water partition coefficient (Wildman–Crippen LogP) is 4.80. The third-order valence-corrected chi connectivity index (χ3v) is 6.18. The number of hydrogen-bond acceptors (Lipinski definition) is 5. The van der Waals surface area contributed by atoms with Crippen LogP contribution in [0.25, 0.3) is 11.3 Å². The third kappa shape index (κ3) is 4.09. The monoisotopic (exact) mass is 424 g/mol. The van der Waals surface area contributed by atoms with E-state index < -0.39 is 0 Å². The average Bonchev–Trinajstić information content (AvgIpc) is 3.48. The number of rotatable bonds is 5. The van der Waals surface area contributed by atoms with Crippen LogP contribution in [0.2, 0.25) is 0 Å². The van der Waals surface area contributed by atoms with Gasteiger partial charge in [0.05, 0.1) is 16.3 Å². The van der Waals surface area contributed by atoms with Crippen molar-refractivity contribution in [2.24, 2.45) is 0 Å². The SMILES string of the molecule is CCNC(=O)n1nc(-c2ccc(NC(=O)c3cccs3)cc2O)cc1C1CCCC1. The lowest BCUT2D eigenvalue weighted by Gasteiger charge is -2.11. The Morgan fingerprint density at radius 3 is 2.70 bits per heavy atom. The number of thiophene rings is 1. The van der Waals surface area contributed by atoms with Crippen molar-refractivity contribution < 1.29 is 14.7 Å². The molecule has 156 valence electrons. The Hall–Kier alpha value is -3.13. The first kappa shape index (κ1) is 20.2. The summed E-state index contributed by atoms with van der Waals surface area (Å²) in [5.74, 6) is 0.0686. The average molecular weight is 425 g/mol. The zero-order valence-electron chi connectivity index (χ0n) is 16.7. The summed E-state index contributed by atoms with van der Waals surface area (Å²) >= 11 is 1.35. The molecule has 1 fully saturated rings. The van der Waals surface area contributed by atoms with Crippen LogP contribution in [0.15, 0.2) is 41.8 Å². The van der Waals surface area contributed by atoms with Crippen molar-refractivity contribution in [3.8, 4) is 17.0 Å². The fourth-order valence-corrected chi connectivity index (χ4v) is 4.47. The van der Waals surface area contributed by atoms with E-state index in [1.54, 1.807) is 18.2 Å². The normalized spacial score (nSPS) is 14.0. The van der Waals surface area contributed by atoms with Crippen LogP contribution in [-0.4, -0.2) is 33.4 Å². The van der Waals surface area contributed by atoms with Crippen molar-refractivity contribution in [3.63, 3.8) is 0 Å². The van der Waals surface area contributed by atoms with Crippen molar-refractivity contribution in [1.29, 1.82) is 0 Å². The quantitative estimate of drug-likeness (QED) is 0.548. The van der Waals surface area contributed by atoms with Crippen LogP contribution in [0.5, 0.6) is 5.75 Å². The fraction of sp³-hybridized carbons (Fsp3) is 0.318. The molecule has 0 atom stereocenters. The maximum Gasteiger partial charge on any atom is 0.342 e. The van der Waals surface area contributed by atoms with Gasteiger partial charge in [-0.1, -0.05) is 18.9 Å². The first-order valence-electron chi connectivity index (χ1n) is 10.1. The molecule has 1 aliphatic rings. The lowest BCUT2D eigenvalue weighted by atomic mass is 10.0. The second-order valence-corrected chi connectivity index (χ2v) is 8.29. The number of phenols is 1. The predicted molar refractivity (Wildman–Crippen MR) is 117 cm³/mol. The zero-order valence-corrected chi connectivity index (χ0v) is 17.5. The number of hydrogen-bond donors (Lipinski definition) is 3. The lowest BCUT2D eigenvalue weighted by Crippen LogP contribution is -2.30. The van der Waals surface area contributed by atoms with Gasteiger partial charge in [0.25, 0.3) is 5.91 Å². The van der Waals surface area contributed by atoms with E-state index >= 15 is 0 Å². The first-order valence-corrected chi connectivity index (χ1v) is 11.0. The molecule has 2 heterocycles. The molecule has 0 aliphatic heterocycles. The molecule has 1 aliphatic carbocycles. The Kier molecular flexibility index (Phi) is 5.85. The molecule has 0 bridgehead atoms. The van der Waals surface area contributed by atoms with Crippen LogP contribution < -0.4 is 10.6 Å². The van der Waals surface area contributed by atoms with Crippen LogP contribution in [0.3, 0.4) is 0 Å². The number of anilines is 1. The van der Waals surface area contributed by atoms with E-state index in [9.17, 15) is 14.7 Å². The van der Waals surface area contributed by atoms with Gasteiger partial charge in [0.1, 0.15) is 5.75 Å². The molecule has 7 nitrogen and oxygen atoms in total. The molecule has 8 heteroatoms. The van der Waals surface area contributed by atoms with Gasteiger partial charge in [-0.25, -0.2) is 4.79 Å².